The van der Waals surface area contributed by atoms with E-state index in [0.717, 1.165) is 11.5 Å². The van der Waals surface area contributed by atoms with Crippen LogP contribution >= 0.6 is 12.2 Å². The number of hydrogen-bond acceptors (Lipinski definition) is 2. The number of thiocarbonyl (C=S) groups is 1. The molecule has 104 valence electrons. The molecule has 0 saturated carbocycles. The van der Waals surface area contributed by atoms with Crippen molar-refractivity contribution in [2.75, 3.05) is 5.32 Å². The predicted molar refractivity (Wildman–Crippen MR) is 87.9 cm³/mol. The monoisotopic (exact) mass is 285 g/mol. The summed E-state index contributed by atoms with van der Waals surface area (Å²) in [4.78, 5) is 4.37. The number of nitrogens with one attached hydrogen (secondary N) is 2. The SMILES string of the molecule is Cc1cccc(NC(=S)NC(C)c2ccccc2C)n1. The third kappa shape index (κ3) is 3.78. The molecular formula is C16H19N3S. The van der Waals surface area contributed by atoms with Gasteiger partial charge in [0.25, 0.3) is 0 Å². The molecule has 0 aliphatic rings. The summed E-state index contributed by atoms with van der Waals surface area (Å²) in [6.07, 6.45) is 0. The number of nitrogens with zero attached hydrogens (tertiary/aromatic N) is 1. The van der Waals surface area contributed by atoms with Gasteiger partial charge < -0.3 is 10.6 Å². The van der Waals surface area contributed by atoms with Crippen molar-refractivity contribution < 1.29 is 0 Å². The van der Waals surface area contributed by atoms with E-state index in [1.165, 1.54) is 11.1 Å². The molecule has 1 atom stereocenters. The minimum atomic E-state index is 0.154. The van der Waals surface area contributed by atoms with E-state index in [1.54, 1.807) is 0 Å². The molecule has 20 heavy (non-hydrogen) atoms. The highest BCUT2D eigenvalue weighted by Gasteiger charge is 2.09. The predicted octanol–water partition coefficient (Wildman–Crippen LogP) is 3.75. The largest absolute Gasteiger partial charge is 0.356 e. The minimum absolute atomic E-state index is 0.154. The number of hydrogen-bond donors (Lipinski definition) is 2. The van der Waals surface area contributed by atoms with Crippen LogP contribution in [0.2, 0.25) is 0 Å². The highest BCUT2D eigenvalue weighted by atomic mass is 32.1. The molecule has 2 aromatic rings. The smallest absolute Gasteiger partial charge is 0.172 e. The second-order valence-electron chi connectivity index (χ2n) is 4.84. The fraction of sp³-hybridized carbons (Fsp3) is 0.250. The van der Waals surface area contributed by atoms with E-state index < -0.39 is 0 Å². The maximum Gasteiger partial charge on any atom is 0.172 e. The van der Waals surface area contributed by atoms with Crippen LogP contribution in [0.4, 0.5) is 5.82 Å². The third-order valence-corrected chi connectivity index (χ3v) is 3.35. The van der Waals surface area contributed by atoms with E-state index in [9.17, 15) is 0 Å². The van der Waals surface area contributed by atoms with Crippen molar-refractivity contribution >= 4 is 23.1 Å². The van der Waals surface area contributed by atoms with Crippen LogP contribution in [0.1, 0.15) is 29.8 Å². The molecule has 1 aromatic heterocycles. The van der Waals surface area contributed by atoms with Crippen LogP contribution in [0.25, 0.3) is 0 Å². The molecule has 4 heteroatoms. The van der Waals surface area contributed by atoms with Gasteiger partial charge >= 0.3 is 0 Å². The number of pyridine rings is 1. The Morgan fingerprint density at radius 2 is 1.85 bits per heavy atom. The van der Waals surface area contributed by atoms with Gasteiger partial charge in [-0.15, -0.1) is 0 Å². The van der Waals surface area contributed by atoms with Gasteiger partial charge in [-0.3, -0.25) is 0 Å². The van der Waals surface area contributed by atoms with Crippen molar-refractivity contribution in [3.63, 3.8) is 0 Å². The Bertz CT molecular complexity index is 610. The molecule has 0 spiro atoms. The molecule has 0 bridgehead atoms. The summed E-state index contributed by atoms with van der Waals surface area (Å²) in [6.45, 7) is 6.16. The Hall–Kier alpha value is -1.94. The van der Waals surface area contributed by atoms with Gasteiger partial charge in [-0.05, 0) is 56.2 Å². The van der Waals surface area contributed by atoms with Crippen molar-refractivity contribution in [3.05, 3.63) is 59.3 Å². The molecule has 0 amide bonds. The molecule has 0 radical (unpaired) electrons. The van der Waals surface area contributed by atoms with Gasteiger partial charge in [0.1, 0.15) is 5.82 Å². The van der Waals surface area contributed by atoms with Crippen molar-refractivity contribution in [1.29, 1.82) is 0 Å². The van der Waals surface area contributed by atoms with E-state index in [2.05, 4.69) is 41.6 Å². The molecule has 1 unspecified atom stereocenters. The lowest BCUT2D eigenvalue weighted by Gasteiger charge is -2.18. The maximum absolute atomic E-state index is 5.34. The zero-order chi connectivity index (χ0) is 14.5. The Kier molecular flexibility index (Phi) is 4.69. The first-order valence-corrected chi connectivity index (χ1v) is 7.04. The summed E-state index contributed by atoms with van der Waals surface area (Å²) < 4.78 is 0. The Morgan fingerprint density at radius 3 is 2.55 bits per heavy atom. The van der Waals surface area contributed by atoms with E-state index in [4.69, 9.17) is 12.2 Å². The Labute approximate surface area is 125 Å². The number of aryl methyl sites for hydroxylation is 2. The van der Waals surface area contributed by atoms with Gasteiger partial charge in [-0.25, -0.2) is 4.98 Å². The fourth-order valence-corrected chi connectivity index (χ4v) is 2.39. The fourth-order valence-electron chi connectivity index (χ4n) is 2.11. The Morgan fingerprint density at radius 1 is 1.10 bits per heavy atom. The van der Waals surface area contributed by atoms with Crippen LogP contribution in [0.3, 0.4) is 0 Å². The summed E-state index contributed by atoms with van der Waals surface area (Å²) in [5.74, 6) is 0.763. The summed E-state index contributed by atoms with van der Waals surface area (Å²) >= 11 is 5.34. The number of anilines is 1. The number of rotatable bonds is 3. The maximum atomic E-state index is 5.34. The van der Waals surface area contributed by atoms with Gasteiger partial charge in [0.2, 0.25) is 0 Å². The van der Waals surface area contributed by atoms with Crippen LogP contribution in [0.15, 0.2) is 42.5 Å². The molecule has 1 heterocycles. The zero-order valence-electron chi connectivity index (χ0n) is 12.0. The molecule has 2 N–H and O–H groups in total. The molecule has 0 aliphatic carbocycles. The van der Waals surface area contributed by atoms with Crippen LogP contribution in [-0.4, -0.2) is 10.1 Å². The standard InChI is InChI=1S/C16H19N3S/c1-11-7-4-5-9-14(11)13(3)18-16(20)19-15-10-6-8-12(2)17-15/h4-10,13H,1-3H3,(H2,17,18,19,20). The number of aromatic nitrogens is 1. The summed E-state index contributed by atoms with van der Waals surface area (Å²) in [5.41, 5.74) is 3.46. The zero-order valence-corrected chi connectivity index (χ0v) is 12.8. The van der Waals surface area contributed by atoms with Crippen LogP contribution in [0, 0.1) is 13.8 Å². The highest BCUT2D eigenvalue weighted by Crippen LogP contribution is 2.16. The molecule has 0 fully saturated rings. The first kappa shape index (κ1) is 14.5. The molecule has 3 nitrogen and oxygen atoms in total. The van der Waals surface area contributed by atoms with Crippen molar-refractivity contribution in [3.8, 4) is 0 Å². The molecule has 0 saturated heterocycles. The summed E-state index contributed by atoms with van der Waals surface area (Å²) in [7, 11) is 0. The normalized spacial score (nSPS) is 11.8. The molecule has 0 aliphatic heterocycles. The first-order valence-electron chi connectivity index (χ1n) is 6.63. The average Bonchev–Trinajstić information content (AvgIpc) is 2.38. The third-order valence-electron chi connectivity index (χ3n) is 3.13. The first-order chi connectivity index (χ1) is 9.56. The lowest BCUT2D eigenvalue weighted by Crippen LogP contribution is -2.31. The lowest BCUT2D eigenvalue weighted by molar-refractivity contribution is 0.717. The van der Waals surface area contributed by atoms with E-state index >= 15 is 0 Å². The highest BCUT2D eigenvalue weighted by molar-refractivity contribution is 7.80. The second kappa shape index (κ2) is 6.48. The van der Waals surface area contributed by atoms with Crippen molar-refractivity contribution in [2.24, 2.45) is 0 Å². The molecule has 1 aromatic carbocycles. The van der Waals surface area contributed by atoms with Crippen LogP contribution in [-0.2, 0) is 0 Å². The van der Waals surface area contributed by atoms with Crippen LogP contribution in [0.5, 0.6) is 0 Å². The van der Waals surface area contributed by atoms with Gasteiger partial charge in [-0.2, -0.15) is 0 Å². The Balaban J connectivity index is 2.00. The minimum Gasteiger partial charge on any atom is -0.356 e. The van der Waals surface area contributed by atoms with Gasteiger partial charge in [0, 0.05) is 5.69 Å². The summed E-state index contributed by atoms with van der Waals surface area (Å²) in [5, 5.41) is 6.98. The second-order valence-corrected chi connectivity index (χ2v) is 5.25. The van der Waals surface area contributed by atoms with Crippen molar-refractivity contribution in [2.45, 2.75) is 26.8 Å². The average molecular weight is 285 g/mol. The molecule has 2 rings (SSSR count). The topological polar surface area (TPSA) is 37.0 Å². The van der Waals surface area contributed by atoms with Crippen molar-refractivity contribution in [1.82, 2.24) is 10.3 Å². The molecular weight excluding hydrogens is 266 g/mol. The van der Waals surface area contributed by atoms with Gasteiger partial charge in [0.15, 0.2) is 5.11 Å². The summed E-state index contributed by atoms with van der Waals surface area (Å²) in [6, 6.07) is 14.3. The van der Waals surface area contributed by atoms with E-state index in [-0.39, 0.29) is 6.04 Å². The number of benzene rings is 1. The van der Waals surface area contributed by atoms with Gasteiger partial charge in [0.05, 0.1) is 6.04 Å². The van der Waals surface area contributed by atoms with E-state index in [0.29, 0.717) is 5.11 Å². The quantitative estimate of drug-likeness (QED) is 0.842. The van der Waals surface area contributed by atoms with E-state index in [1.807, 2.05) is 37.3 Å². The van der Waals surface area contributed by atoms with Gasteiger partial charge in [-0.1, -0.05) is 30.3 Å². The van der Waals surface area contributed by atoms with Crippen LogP contribution < -0.4 is 10.6 Å². The lowest BCUT2D eigenvalue weighted by atomic mass is 10.0.